The van der Waals surface area contributed by atoms with E-state index in [0.717, 1.165) is 80.7 Å². The molecule has 178 valence electrons. The minimum atomic E-state index is -0.184. The molecule has 1 saturated carbocycles. The van der Waals surface area contributed by atoms with E-state index in [0.29, 0.717) is 23.9 Å². The molecule has 0 radical (unpaired) electrons. The molecule has 0 bridgehead atoms. The third-order valence-corrected chi connectivity index (χ3v) is 7.03. The van der Waals surface area contributed by atoms with Crippen molar-refractivity contribution in [2.75, 3.05) is 39.5 Å². The first kappa shape index (κ1) is 24.6. The zero-order chi connectivity index (χ0) is 23.3. The molecular weight excluding hydrogens is 400 g/mol. The van der Waals surface area contributed by atoms with Crippen molar-refractivity contribution in [2.45, 2.75) is 77.0 Å². The molecule has 1 saturated heterocycles. The molecule has 1 aliphatic heterocycles. The quantitative estimate of drug-likeness (QED) is 0.473. The third kappa shape index (κ3) is 5.87. The third-order valence-electron chi connectivity index (χ3n) is 7.03. The molecule has 1 aliphatic carbocycles. The predicted molar refractivity (Wildman–Crippen MR) is 133 cm³/mol. The van der Waals surface area contributed by atoms with Gasteiger partial charge in [-0.25, -0.2) is 9.97 Å². The van der Waals surface area contributed by atoms with E-state index in [9.17, 15) is 5.11 Å². The molecule has 7 nitrogen and oxygen atoms in total. The number of aromatic nitrogens is 2. The van der Waals surface area contributed by atoms with Crippen LogP contribution in [0.3, 0.4) is 0 Å². The van der Waals surface area contributed by atoms with E-state index in [1.807, 2.05) is 13.2 Å². The van der Waals surface area contributed by atoms with Crippen molar-refractivity contribution in [1.82, 2.24) is 19.8 Å². The first-order valence-electron chi connectivity index (χ1n) is 12.2. The Labute approximate surface area is 194 Å². The number of hydrogen-bond donors (Lipinski definition) is 2. The van der Waals surface area contributed by atoms with Crippen molar-refractivity contribution >= 4 is 17.4 Å². The lowest BCUT2D eigenvalue weighted by Crippen LogP contribution is -2.35. The van der Waals surface area contributed by atoms with Crippen LogP contribution in [0.15, 0.2) is 17.8 Å². The van der Waals surface area contributed by atoms with Gasteiger partial charge in [0.05, 0.1) is 17.4 Å². The summed E-state index contributed by atoms with van der Waals surface area (Å²) < 4.78 is 0. The molecule has 7 heteroatoms. The molecule has 0 spiro atoms. The highest BCUT2D eigenvalue weighted by atomic mass is 16.3. The number of allylic oxidation sites excluding steroid dienone is 1. The van der Waals surface area contributed by atoms with E-state index >= 15 is 0 Å². The van der Waals surface area contributed by atoms with Crippen LogP contribution in [-0.4, -0.2) is 83.1 Å². The number of nitrogens with one attached hydrogen (secondary N) is 1. The number of hydrogen-bond acceptors (Lipinski definition) is 6. The second kappa shape index (κ2) is 11.2. The zero-order valence-corrected chi connectivity index (χ0v) is 20.6. The highest BCUT2D eigenvalue weighted by molar-refractivity contribution is 6.02. The van der Waals surface area contributed by atoms with Gasteiger partial charge >= 0.3 is 0 Å². The number of anilines is 1. The van der Waals surface area contributed by atoms with Crippen LogP contribution in [0.25, 0.3) is 5.57 Å². The Morgan fingerprint density at radius 1 is 1.31 bits per heavy atom. The largest absolute Gasteiger partial charge is 0.393 e. The monoisotopic (exact) mass is 442 g/mol. The van der Waals surface area contributed by atoms with E-state index in [-0.39, 0.29) is 6.10 Å². The van der Waals surface area contributed by atoms with Gasteiger partial charge in [-0.15, -0.1) is 0 Å². The fraction of sp³-hybridized carbons (Fsp3) is 0.720. The number of amidine groups is 1. The minimum absolute atomic E-state index is 0.184. The molecule has 2 atom stereocenters. The highest BCUT2D eigenvalue weighted by Crippen LogP contribution is 2.35. The average molecular weight is 443 g/mol. The van der Waals surface area contributed by atoms with Crippen molar-refractivity contribution < 1.29 is 5.11 Å². The lowest BCUT2D eigenvalue weighted by Gasteiger charge is -2.29. The van der Waals surface area contributed by atoms with Crippen LogP contribution in [0.2, 0.25) is 0 Å². The number of likely N-dealkylation sites (N-methyl/N-ethyl adjacent to an activating group) is 1. The Kier molecular flexibility index (Phi) is 8.65. The molecule has 2 N–H and O–H groups in total. The molecule has 3 rings (SSSR count). The lowest BCUT2D eigenvalue weighted by molar-refractivity contribution is 0.119. The van der Waals surface area contributed by atoms with Gasteiger partial charge in [0.15, 0.2) is 0 Å². The van der Waals surface area contributed by atoms with Crippen molar-refractivity contribution in [3.63, 3.8) is 0 Å². The number of rotatable bonds is 8. The van der Waals surface area contributed by atoms with Crippen molar-refractivity contribution in [1.29, 1.82) is 0 Å². The number of likely N-dealkylation sites (tertiary alicyclic amines) is 1. The number of aliphatic hydroxyl groups is 1. The lowest BCUT2D eigenvalue weighted by atomic mass is 9.81. The van der Waals surface area contributed by atoms with E-state index in [1.54, 1.807) is 0 Å². The zero-order valence-electron chi connectivity index (χ0n) is 20.6. The average Bonchev–Trinajstić information content (AvgIpc) is 3.25. The summed E-state index contributed by atoms with van der Waals surface area (Å²) >= 11 is 0. The summed E-state index contributed by atoms with van der Waals surface area (Å²) in [6.07, 6.45) is 8.61. The van der Waals surface area contributed by atoms with Gasteiger partial charge in [-0.3, -0.25) is 4.99 Å². The second-order valence-electron chi connectivity index (χ2n) is 9.72. The predicted octanol–water partition coefficient (Wildman–Crippen LogP) is 3.65. The fourth-order valence-electron chi connectivity index (χ4n) is 4.99. The summed E-state index contributed by atoms with van der Waals surface area (Å²) in [7, 11) is 6.14. The molecular formula is C25H42N6O. The van der Waals surface area contributed by atoms with E-state index in [4.69, 9.17) is 9.98 Å². The first-order chi connectivity index (χ1) is 15.3. The van der Waals surface area contributed by atoms with Gasteiger partial charge in [0.25, 0.3) is 0 Å². The molecule has 0 amide bonds. The van der Waals surface area contributed by atoms with Gasteiger partial charge in [0.2, 0.25) is 5.95 Å². The van der Waals surface area contributed by atoms with Gasteiger partial charge in [-0.05, 0) is 71.0 Å². The summed E-state index contributed by atoms with van der Waals surface area (Å²) in [6, 6.07) is 0.838. The fourth-order valence-corrected chi connectivity index (χ4v) is 4.99. The Morgan fingerprint density at radius 3 is 2.62 bits per heavy atom. The SMILES string of the molecule is C=C(c1nc(NC(C)CCC)ncc1C(=NC)N1CC[C@H](N(C)C)C1)C1CCC(O)CC1. The Bertz CT molecular complexity index is 800. The maximum atomic E-state index is 9.97. The van der Waals surface area contributed by atoms with Crippen LogP contribution in [0.4, 0.5) is 5.95 Å². The Balaban J connectivity index is 1.92. The van der Waals surface area contributed by atoms with Crippen LogP contribution < -0.4 is 5.32 Å². The highest BCUT2D eigenvalue weighted by Gasteiger charge is 2.31. The summed E-state index contributed by atoms with van der Waals surface area (Å²) in [6.45, 7) is 10.8. The summed E-state index contributed by atoms with van der Waals surface area (Å²) in [5.41, 5.74) is 2.92. The smallest absolute Gasteiger partial charge is 0.223 e. The van der Waals surface area contributed by atoms with Crippen LogP contribution >= 0.6 is 0 Å². The molecule has 2 fully saturated rings. The first-order valence-corrected chi connectivity index (χ1v) is 12.2. The Hall–Kier alpha value is -1.99. The number of aliphatic imine (C=N–C) groups is 1. The molecule has 2 heterocycles. The van der Waals surface area contributed by atoms with Crippen LogP contribution in [0, 0.1) is 5.92 Å². The second-order valence-corrected chi connectivity index (χ2v) is 9.72. The number of aliphatic hydroxyl groups excluding tert-OH is 1. The number of nitrogens with zero attached hydrogens (tertiary/aromatic N) is 5. The normalized spacial score (nSPS) is 25.3. The van der Waals surface area contributed by atoms with E-state index in [2.05, 4.69) is 54.6 Å². The van der Waals surface area contributed by atoms with Gasteiger partial charge in [0.1, 0.15) is 5.84 Å². The molecule has 0 aromatic carbocycles. The van der Waals surface area contributed by atoms with Gasteiger partial charge in [0, 0.05) is 38.4 Å². The maximum absolute atomic E-state index is 9.97. The van der Waals surface area contributed by atoms with Gasteiger partial charge in [-0.2, -0.15) is 0 Å². The van der Waals surface area contributed by atoms with Crippen molar-refractivity contribution in [2.24, 2.45) is 10.9 Å². The van der Waals surface area contributed by atoms with Crippen molar-refractivity contribution in [3.8, 4) is 0 Å². The van der Waals surface area contributed by atoms with Gasteiger partial charge in [-0.1, -0.05) is 19.9 Å². The summed E-state index contributed by atoms with van der Waals surface area (Å²) in [5, 5.41) is 13.4. The molecule has 2 aliphatic rings. The Morgan fingerprint density at radius 2 is 2.03 bits per heavy atom. The van der Waals surface area contributed by atoms with E-state index in [1.165, 1.54) is 0 Å². The molecule has 32 heavy (non-hydrogen) atoms. The summed E-state index contributed by atoms with van der Waals surface area (Å²) in [5.74, 6) is 1.94. The standard InChI is InChI=1S/C25H42N6O/c1-7-8-17(2)28-25-27-15-22(24(26-4)31-14-13-20(16-31)30(5)6)23(29-25)18(3)19-9-11-21(32)12-10-19/h15,17,19-21,32H,3,7-14,16H2,1-2,4-6H3,(H,27,28,29)/t17?,19?,20-,21?/m0/s1. The molecule has 1 aromatic rings. The minimum Gasteiger partial charge on any atom is -0.393 e. The van der Waals surface area contributed by atoms with Gasteiger partial charge < -0.3 is 20.2 Å². The molecule has 1 unspecified atom stereocenters. The van der Waals surface area contributed by atoms with E-state index < -0.39 is 0 Å². The van der Waals surface area contributed by atoms with Crippen LogP contribution in [0.1, 0.15) is 70.1 Å². The van der Waals surface area contributed by atoms with Crippen molar-refractivity contribution in [3.05, 3.63) is 24.0 Å². The maximum Gasteiger partial charge on any atom is 0.223 e. The van der Waals surface area contributed by atoms with Crippen LogP contribution in [0.5, 0.6) is 0 Å². The van der Waals surface area contributed by atoms with Crippen LogP contribution in [-0.2, 0) is 0 Å². The topological polar surface area (TPSA) is 76.9 Å². The molecule has 1 aromatic heterocycles. The summed E-state index contributed by atoms with van der Waals surface area (Å²) in [4.78, 5) is 19.0.